The highest BCUT2D eigenvalue weighted by molar-refractivity contribution is 5.69. The molecule has 1 aliphatic rings. The summed E-state index contributed by atoms with van der Waals surface area (Å²) in [4.78, 5) is 14.5. The zero-order chi connectivity index (χ0) is 19.5. The molecule has 0 aromatic heterocycles. The first kappa shape index (κ1) is 19.4. The molecule has 1 aliphatic heterocycles. The van der Waals surface area contributed by atoms with Crippen LogP contribution in [0.25, 0.3) is 0 Å². The van der Waals surface area contributed by atoms with Gasteiger partial charge in [-0.05, 0) is 38.3 Å². The van der Waals surface area contributed by atoms with Gasteiger partial charge in [0.1, 0.15) is 5.60 Å². The number of rotatable bonds is 5. The standard InChI is InChI=1S/C23H30N2O2/c1-22(2,3)27-21(26)25(4)23(16-24-17-23)15-20(18-11-7-5-8-12-18)19-13-9-6-10-14-19/h5-14,20,24H,15-17H2,1-4H3. The number of hydrogen-bond donors (Lipinski definition) is 1. The van der Waals surface area contributed by atoms with Crippen LogP contribution in [0.15, 0.2) is 60.7 Å². The number of hydrogen-bond acceptors (Lipinski definition) is 3. The molecule has 1 amide bonds. The minimum atomic E-state index is -0.498. The summed E-state index contributed by atoms with van der Waals surface area (Å²) in [7, 11) is 1.86. The van der Waals surface area contributed by atoms with Crippen molar-refractivity contribution in [2.75, 3.05) is 20.1 Å². The van der Waals surface area contributed by atoms with Gasteiger partial charge in [0.2, 0.25) is 0 Å². The van der Waals surface area contributed by atoms with Crippen molar-refractivity contribution in [3.8, 4) is 0 Å². The van der Waals surface area contributed by atoms with E-state index in [0.29, 0.717) is 0 Å². The van der Waals surface area contributed by atoms with Crippen LogP contribution in [0.2, 0.25) is 0 Å². The summed E-state index contributed by atoms with van der Waals surface area (Å²) in [6.07, 6.45) is 0.591. The molecule has 1 heterocycles. The van der Waals surface area contributed by atoms with Gasteiger partial charge >= 0.3 is 6.09 Å². The Morgan fingerprint density at radius 2 is 1.52 bits per heavy atom. The van der Waals surface area contributed by atoms with E-state index in [1.807, 2.05) is 40.0 Å². The van der Waals surface area contributed by atoms with Crippen molar-refractivity contribution < 1.29 is 9.53 Å². The average Bonchev–Trinajstić information content (AvgIpc) is 2.61. The van der Waals surface area contributed by atoms with E-state index in [4.69, 9.17) is 4.74 Å². The molecule has 4 heteroatoms. The molecule has 0 bridgehead atoms. The first-order chi connectivity index (χ1) is 12.8. The van der Waals surface area contributed by atoms with E-state index in [9.17, 15) is 4.79 Å². The summed E-state index contributed by atoms with van der Waals surface area (Å²) in [5, 5.41) is 3.36. The second-order valence-corrected chi connectivity index (χ2v) is 8.45. The van der Waals surface area contributed by atoms with Crippen LogP contribution in [0, 0.1) is 0 Å². The molecule has 0 atom stereocenters. The molecular weight excluding hydrogens is 336 g/mol. The van der Waals surface area contributed by atoms with Gasteiger partial charge in [-0.2, -0.15) is 0 Å². The quantitative estimate of drug-likeness (QED) is 0.852. The maximum absolute atomic E-state index is 12.7. The topological polar surface area (TPSA) is 41.6 Å². The second-order valence-electron chi connectivity index (χ2n) is 8.45. The molecule has 1 saturated heterocycles. The molecule has 1 N–H and O–H groups in total. The zero-order valence-electron chi connectivity index (χ0n) is 16.7. The van der Waals surface area contributed by atoms with Gasteiger partial charge in [0, 0.05) is 26.1 Å². The summed E-state index contributed by atoms with van der Waals surface area (Å²) in [5.41, 5.74) is 1.79. The molecule has 0 aliphatic carbocycles. The molecule has 0 saturated carbocycles. The third-order valence-corrected chi connectivity index (χ3v) is 5.27. The van der Waals surface area contributed by atoms with Crippen molar-refractivity contribution in [2.45, 2.75) is 44.2 Å². The maximum Gasteiger partial charge on any atom is 0.410 e. The van der Waals surface area contributed by atoms with Gasteiger partial charge in [0.15, 0.2) is 0 Å². The minimum Gasteiger partial charge on any atom is -0.444 e. The fourth-order valence-electron chi connectivity index (χ4n) is 3.63. The fourth-order valence-corrected chi connectivity index (χ4v) is 3.63. The Morgan fingerprint density at radius 1 is 1.04 bits per heavy atom. The molecule has 27 heavy (non-hydrogen) atoms. The predicted octanol–water partition coefficient (Wildman–Crippen LogP) is 4.42. The van der Waals surface area contributed by atoms with Crippen molar-refractivity contribution in [1.29, 1.82) is 0 Å². The van der Waals surface area contributed by atoms with Gasteiger partial charge in [-0.3, -0.25) is 0 Å². The van der Waals surface area contributed by atoms with E-state index in [0.717, 1.165) is 19.5 Å². The molecule has 1 fully saturated rings. The van der Waals surface area contributed by atoms with Gasteiger partial charge in [-0.1, -0.05) is 60.7 Å². The zero-order valence-corrected chi connectivity index (χ0v) is 16.7. The largest absolute Gasteiger partial charge is 0.444 e. The molecule has 0 radical (unpaired) electrons. The maximum atomic E-state index is 12.7. The van der Waals surface area contributed by atoms with Crippen LogP contribution < -0.4 is 5.32 Å². The number of nitrogens with one attached hydrogen (secondary N) is 1. The molecule has 2 aromatic rings. The summed E-state index contributed by atoms with van der Waals surface area (Å²) >= 11 is 0. The molecule has 0 spiro atoms. The number of carbonyl (C=O) groups excluding carboxylic acids is 1. The molecule has 3 rings (SSSR count). The second kappa shape index (κ2) is 7.73. The highest BCUT2D eigenvalue weighted by Gasteiger charge is 2.46. The van der Waals surface area contributed by atoms with Gasteiger partial charge in [0.25, 0.3) is 0 Å². The monoisotopic (exact) mass is 366 g/mol. The van der Waals surface area contributed by atoms with E-state index in [-0.39, 0.29) is 17.6 Å². The Morgan fingerprint density at radius 3 is 1.89 bits per heavy atom. The van der Waals surface area contributed by atoms with Crippen LogP contribution in [0.4, 0.5) is 4.79 Å². The van der Waals surface area contributed by atoms with Crippen LogP contribution in [0.5, 0.6) is 0 Å². The van der Waals surface area contributed by atoms with Crippen LogP contribution in [0.3, 0.4) is 0 Å². The van der Waals surface area contributed by atoms with Crippen molar-refractivity contribution in [1.82, 2.24) is 10.2 Å². The van der Waals surface area contributed by atoms with E-state index in [2.05, 4.69) is 53.8 Å². The number of nitrogens with zero attached hydrogens (tertiary/aromatic N) is 1. The highest BCUT2D eigenvalue weighted by Crippen LogP contribution is 2.37. The van der Waals surface area contributed by atoms with Crippen molar-refractivity contribution in [3.05, 3.63) is 71.8 Å². The van der Waals surface area contributed by atoms with Crippen molar-refractivity contribution in [3.63, 3.8) is 0 Å². The summed E-state index contributed by atoms with van der Waals surface area (Å²) in [5.74, 6) is 0.222. The fraction of sp³-hybridized carbons (Fsp3) is 0.435. The smallest absolute Gasteiger partial charge is 0.410 e. The van der Waals surface area contributed by atoms with Crippen LogP contribution in [0.1, 0.15) is 44.2 Å². The molecule has 144 valence electrons. The Bertz CT molecular complexity index is 709. The first-order valence-electron chi connectivity index (χ1n) is 9.58. The van der Waals surface area contributed by atoms with Gasteiger partial charge in [-0.15, -0.1) is 0 Å². The lowest BCUT2D eigenvalue weighted by atomic mass is 9.76. The number of ether oxygens (including phenoxy) is 1. The van der Waals surface area contributed by atoms with E-state index < -0.39 is 5.60 Å². The predicted molar refractivity (Wildman–Crippen MR) is 109 cm³/mol. The number of amides is 1. The van der Waals surface area contributed by atoms with E-state index >= 15 is 0 Å². The lowest BCUT2D eigenvalue weighted by Gasteiger charge is -2.50. The Hall–Kier alpha value is -2.33. The lowest BCUT2D eigenvalue weighted by Crippen LogP contribution is -2.69. The van der Waals surface area contributed by atoms with Crippen LogP contribution in [-0.2, 0) is 4.74 Å². The summed E-state index contributed by atoms with van der Waals surface area (Å²) < 4.78 is 5.63. The lowest BCUT2D eigenvalue weighted by molar-refractivity contribution is -0.0118. The number of benzene rings is 2. The average molecular weight is 367 g/mol. The molecule has 4 nitrogen and oxygen atoms in total. The summed E-state index contributed by atoms with van der Waals surface area (Å²) in [6.45, 7) is 7.27. The first-order valence-corrected chi connectivity index (χ1v) is 9.58. The third kappa shape index (κ3) is 4.51. The Labute approximate surface area is 162 Å². The van der Waals surface area contributed by atoms with Crippen LogP contribution >= 0.6 is 0 Å². The van der Waals surface area contributed by atoms with E-state index in [1.165, 1.54) is 11.1 Å². The molecule has 2 aromatic carbocycles. The Kier molecular flexibility index (Phi) is 5.56. The highest BCUT2D eigenvalue weighted by atomic mass is 16.6. The summed E-state index contributed by atoms with van der Waals surface area (Å²) in [6, 6.07) is 21.1. The van der Waals surface area contributed by atoms with Crippen LogP contribution in [-0.4, -0.2) is 42.3 Å². The molecular formula is C23H30N2O2. The Balaban J connectivity index is 1.88. The molecule has 0 unspecified atom stereocenters. The third-order valence-electron chi connectivity index (χ3n) is 5.27. The minimum absolute atomic E-state index is 0.222. The van der Waals surface area contributed by atoms with Gasteiger partial charge in [0.05, 0.1) is 5.54 Å². The normalized spacial score (nSPS) is 15.9. The van der Waals surface area contributed by atoms with Crippen molar-refractivity contribution in [2.24, 2.45) is 0 Å². The number of carbonyl (C=O) groups is 1. The van der Waals surface area contributed by atoms with E-state index in [1.54, 1.807) is 4.90 Å². The SMILES string of the molecule is CN(C(=O)OC(C)(C)C)C1(CC(c2ccccc2)c2ccccc2)CNC1. The number of likely N-dealkylation sites (N-methyl/N-ethyl adjacent to an activating group) is 1. The van der Waals surface area contributed by atoms with Crippen molar-refractivity contribution >= 4 is 6.09 Å². The van der Waals surface area contributed by atoms with Gasteiger partial charge < -0.3 is 15.0 Å². The van der Waals surface area contributed by atoms with Gasteiger partial charge in [-0.25, -0.2) is 4.79 Å².